The van der Waals surface area contributed by atoms with Crippen LogP contribution in [0.3, 0.4) is 0 Å². The lowest BCUT2D eigenvalue weighted by Gasteiger charge is -2.12. The van der Waals surface area contributed by atoms with E-state index in [1.807, 2.05) is 5.40 Å². The van der Waals surface area contributed by atoms with Crippen molar-refractivity contribution in [1.29, 1.82) is 5.26 Å². The van der Waals surface area contributed by atoms with Crippen LogP contribution in [0.1, 0.15) is 23.2 Å². The van der Waals surface area contributed by atoms with Crippen molar-refractivity contribution in [2.75, 3.05) is 20.3 Å². The second kappa shape index (κ2) is 7.43. The van der Waals surface area contributed by atoms with Crippen LogP contribution in [-0.4, -0.2) is 31.4 Å². The number of ether oxygens (including phenoxy) is 2. The summed E-state index contributed by atoms with van der Waals surface area (Å²) in [6.45, 7) is 0.610. The van der Waals surface area contributed by atoms with E-state index in [1.165, 1.54) is 19.2 Å². The summed E-state index contributed by atoms with van der Waals surface area (Å²) in [5, 5.41) is 10.4. The lowest BCUT2D eigenvalue weighted by Crippen LogP contribution is -2.19. The molecule has 1 unspecified atom stereocenters. The van der Waals surface area contributed by atoms with Crippen LogP contribution in [0, 0.1) is 22.4 Å². The number of ketones is 1. The molecule has 1 aromatic rings. The summed E-state index contributed by atoms with van der Waals surface area (Å²) in [6, 6.07) is 4.16. The molecule has 112 valence electrons. The molecule has 0 radical (unpaired) electrons. The van der Waals surface area contributed by atoms with Gasteiger partial charge in [-0.1, -0.05) is 0 Å². The van der Waals surface area contributed by atoms with E-state index in [9.17, 15) is 9.18 Å². The largest absolute Gasteiger partial charge is 0.488 e. The number of carbonyl (C=O) groups excluding carboxylic acids is 1. The molecule has 0 amide bonds. The minimum atomic E-state index is -0.576. The Balaban J connectivity index is 2.07. The fraction of sp³-hybridized carbons (Fsp3) is 0.467. The van der Waals surface area contributed by atoms with Crippen LogP contribution >= 0.6 is 11.8 Å². The van der Waals surface area contributed by atoms with E-state index >= 15 is 0 Å². The number of carbonyl (C=O) groups is 1. The number of rotatable bonds is 8. The van der Waals surface area contributed by atoms with Gasteiger partial charge in [-0.25, -0.2) is 4.39 Å². The van der Waals surface area contributed by atoms with E-state index in [0.717, 1.165) is 24.6 Å². The minimum Gasteiger partial charge on any atom is -0.488 e. The number of methoxy groups -OCH3 is 1. The van der Waals surface area contributed by atoms with Crippen LogP contribution in [0.5, 0.6) is 5.75 Å². The van der Waals surface area contributed by atoms with Gasteiger partial charge in [0.1, 0.15) is 12.0 Å². The van der Waals surface area contributed by atoms with E-state index in [-0.39, 0.29) is 29.6 Å². The van der Waals surface area contributed by atoms with E-state index in [0.29, 0.717) is 6.61 Å². The van der Waals surface area contributed by atoms with Gasteiger partial charge in [0.15, 0.2) is 17.3 Å². The lowest BCUT2D eigenvalue weighted by molar-refractivity contribution is 0.0982. The van der Waals surface area contributed by atoms with Crippen molar-refractivity contribution in [2.24, 2.45) is 5.92 Å². The average molecular weight is 309 g/mol. The zero-order valence-corrected chi connectivity index (χ0v) is 12.5. The quantitative estimate of drug-likeness (QED) is 0.420. The minimum absolute atomic E-state index is 0.0968. The first kappa shape index (κ1) is 15.8. The van der Waals surface area contributed by atoms with Crippen molar-refractivity contribution < 1.29 is 18.7 Å². The van der Waals surface area contributed by atoms with Gasteiger partial charge in [-0.15, -0.1) is 0 Å². The molecule has 0 bridgehead atoms. The fourth-order valence-electron chi connectivity index (χ4n) is 1.99. The average Bonchev–Trinajstić information content (AvgIpc) is 3.30. The third kappa shape index (κ3) is 4.19. The van der Waals surface area contributed by atoms with Crippen LogP contribution in [0.15, 0.2) is 18.2 Å². The summed E-state index contributed by atoms with van der Waals surface area (Å²) >= 11 is 0.963. The number of Topliss-reactive ketones (excluding diaryl/α,β-unsaturated/α-hetero) is 1. The number of hydrogen-bond acceptors (Lipinski definition) is 5. The Kier molecular flexibility index (Phi) is 5.59. The molecule has 0 N–H and O–H groups in total. The second-order valence-electron chi connectivity index (χ2n) is 4.82. The van der Waals surface area contributed by atoms with E-state index < -0.39 is 11.1 Å². The maximum atomic E-state index is 13.9. The second-order valence-corrected chi connectivity index (χ2v) is 5.74. The predicted octanol–water partition coefficient (Wildman–Crippen LogP) is 3.03. The van der Waals surface area contributed by atoms with Crippen LogP contribution in [0.2, 0.25) is 0 Å². The van der Waals surface area contributed by atoms with E-state index in [2.05, 4.69) is 0 Å². The van der Waals surface area contributed by atoms with Crippen molar-refractivity contribution in [2.45, 2.75) is 18.1 Å². The predicted molar refractivity (Wildman–Crippen MR) is 77.8 cm³/mol. The molecule has 1 aliphatic rings. The van der Waals surface area contributed by atoms with Gasteiger partial charge >= 0.3 is 0 Å². The summed E-state index contributed by atoms with van der Waals surface area (Å²) in [5.41, 5.74) is 0.284. The summed E-state index contributed by atoms with van der Waals surface area (Å²) in [6.07, 6.45) is 1.90. The molecule has 6 heteroatoms. The van der Waals surface area contributed by atoms with Gasteiger partial charge in [0.2, 0.25) is 0 Å². The summed E-state index contributed by atoms with van der Waals surface area (Å²) in [4.78, 5) is 12.3. The van der Waals surface area contributed by atoms with Crippen LogP contribution < -0.4 is 4.74 Å². The molecule has 1 aromatic carbocycles. The molecule has 21 heavy (non-hydrogen) atoms. The Hall–Kier alpha value is -1.58. The van der Waals surface area contributed by atoms with Crippen LogP contribution in [-0.2, 0) is 4.74 Å². The zero-order chi connectivity index (χ0) is 15.2. The standard InChI is InChI=1S/C15H16FNO3S/c1-19-6-7-20-13-5-4-11(8-12(13)16)14(18)15(21-9-17)10-2-3-10/h4-5,8,10,15H,2-3,6-7H2,1H3. The fourth-order valence-corrected chi connectivity index (χ4v) is 2.81. The molecule has 1 atom stereocenters. The maximum Gasteiger partial charge on any atom is 0.177 e. The number of thioether (sulfide) groups is 1. The highest BCUT2D eigenvalue weighted by Crippen LogP contribution is 2.40. The number of thiocyanates is 1. The molecule has 0 saturated heterocycles. The first-order chi connectivity index (χ1) is 10.2. The number of benzene rings is 1. The van der Waals surface area contributed by atoms with Gasteiger partial charge in [-0.3, -0.25) is 4.79 Å². The van der Waals surface area contributed by atoms with E-state index in [1.54, 1.807) is 6.07 Å². The summed E-state index contributed by atoms with van der Waals surface area (Å²) in [7, 11) is 1.53. The smallest absolute Gasteiger partial charge is 0.177 e. The highest BCUT2D eigenvalue weighted by atomic mass is 32.2. The summed E-state index contributed by atoms with van der Waals surface area (Å²) in [5.74, 6) is -0.429. The Morgan fingerprint density at radius 1 is 1.52 bits per heavy atom. The number of nitriles is 1. The first-order valence-corrected chi connectivity index (χ1v) is 7.55. The van der Waals surface area contributed by atoms with Gasteiger partial charge in [-0.2, -0.15) is 5.26 Å². The van der Waals surface area contributed by atoms with Crippen molar-refractivity contribution >= 4 is 17.5 Å². The Morgan fingerprint density at radius 2 is 2.29 bits per heavy atom. The first-order valence-electron chi connectivity index (χ1n) is 6.67. The van der Waals surface area contributed by atoms with Crippen molar-refractivity contribution in [1.82, 2.24) is 0 Å². The molecule has 2 rings (SSSR count). The van der Waals surface area contributed by atoms with Crippen LogP contribution in [0.25, 0.3) is 0 Å². The summed E-state index contributed by atoms with van der Waals surface area (Å²) < 4.78 is 23.9. The highest BCUT2D eigenvalue weighted by Gasteiger charge is 2.37. The Morgan fingerprint density at radius 3 is 2.86 bits per heavy atom. The molecule has 0 spiro atoms. The van der Waals surface area contributed by atoms with Gasteiger partial charge in [0, 0.05) is 12.7 Å². The van der Waals surface area contributed by atoms with Crippen molar-refractivity contribution in [3.05, 3.63) is 29.6 Å². The van der Waals surface area contributed by atoms with Gasteiger partial charge in [-0.05, 0) is 48.7 Å². The topological polar surface area (TPSA) is 59.3 Å². The molecule has 0 aromatic heterocycles. The molecular formula is C15H16FNO3S. The molecule has 1 aliphatic carbocycles. The van der Waals surface area contributed by atoms with Crippen molar-refractivity contribution in [3.63, 3.8) is 0 Å². The molecule has 0 aliphatic heterocycles. The SMILES string of the molecule is COCCOc1ccc(C(=O)C(SC#N)C2CC2)cc1F. The third-order valence-corrected chi connectivity index (χ3v) is 4.21. The maximum absolute atomic E-state index is 13.9. The molecular weight excluding hydrogens is 293 g/mol. The zero-order valence-electron chi connectivity index (χ0n) is 11.7. The Bertz CT molecular complexity index is 554. The molecule has 0 heterocycles. The van der Waals surface area contributed by atoms with Crippen molar-refractivity contribution in [3.8, 4) is 11.2 Å². The van der Waals surface area contributed by atoms with Crippen LogP contribution in [0.4, 0.5) is 4.39 Å². The number of halogens is 1. The Labute approximate surface area is 127 Å². The molecule has 1 saturated carbocycles. The van der Waals surface area contributed by atoms with E-state index in [4.69, 9.17) is 14.7 Å². The molecule has 4 nitrogen and oxygen atoms in total. The van der Waals surface area contributed by atoms with Gasteiger partial charge in [0.25, 0.3) is 0 Å². The van der Waals surface area contributed by atoms with Gasteiger partial charge in [0.05, 0.1) is 11.9 Å². The lowest BCUT2D eigenvalue weighted by atomic mass is 10.0. The third-order valence-electron chi connectivity index (χ3n) is 3.25. The normalized spacial score (nSPS) is 15.3. The molecule has 1 fully saturated rings. The number of hydrogen-bond donors (Lipinski definition) is 0. The number of nitrogens with zero attached hydrogens (tertiary/aromatic N) is 1. The van der Waals surface area contributed by atoms with Gasteiger partial charge < -0.3 is 9.47 Å². The highest BCUT2D eigenvalue weighted by molar-refractivity contribution is 8.05. The monoisotopic (exact) mass is 309 g/mol.